The molecule has 1 rings (SSSR count). The molecule has 17 heavy (non-hydrogen) atoms. The van der Waals surface area contributed by atoms with Crippen molar-refractivity contribution in [2.45, 2.75) is 46.6 Å². The van der Waals surface area contributed by atoms with Crippen molar-refractivity contribution in [1.29, 1.82) is 0 Å². The highest BCUT2D eigenvalue weighted by Crippen LogP contribution is 2.34. The van der Waals surface area contributed by atoms with Crippen LogP contribution in [0, 0.1) is 11.3 Å². The monoisotopic (exact) mass is 241 g/mol. The molecular weight excluding hydrogens is 218 g/mol. The molecule has 1 aliphatic heterocycles. The summed E-state index contributed by atoms with van der Waals surface area (Å²) in [7, 11) is 0. The Morgan fingerprint density at radius 3 is 2.47 bits per heavy atom. The fourth-order valence-electron chi connectivity index (χ4n) is 1.92. The minimum atomic E-state index is -0.467. The molecule has 2 unspecified atom stereocenters. The van der Waals surface area contributed by atoms with Crippen LogP contribution >= 0.6 is 0 Å². The van der Waals surface area contributed by atoms with Gasteiger partial charge in [-0.05, 0) is 33.1 Å². The van der Waals surface area contributed by atoms with Crippen molar-refractivity contribution in [3.63, 3.8) is 0 Å². The maximum Gasteiger partial charge on any atom is 0.410 e. The molecule has 4 heteroatoms. The lowest BCUT2D eigenvalue weighted by Crippen LogP contribution is -2.49. The topological polar surface area (TPSA) is 46.6 Å². The Morgan fingerprint density at radius 1 is 1.47 bits per heavy atom. The molecule has 1 amide bonds. The number of aldehydes is 1. The normalized spacial score (nSPS) is 29.9. The molecule has 0 aromatic carbocycles. The molecule has 0 bridgehead atoms. The van der Waals surface area contributed by atoms with Gasteiger partial charge in [0.05, 0.1) is 0 Å². The molecule has 1 saturated heterocycles. The van der Waals surface area contributed by atoms with Crippen LogP contribution in [0.4, 0.5) is 4.79 Å². The van der Waals surface area contributed by atoms with Crippen molar-refractivity contribution in [1.82, 2.24) is 4.90 Å². The van der Waals surface area contributed by atoms with E-state index in [0.717, 1.165) is 6.29 Å². The van der Waals surface area contributed by atoms with E-state index in [-0.39, 0.29) is 17.4 Å². The molecule has 0 spiro atoms. The lowest BCUT2D eigenvalue weighted by Gasteiger charge is -2.41. The zero-order valence-corrected chi connectivity index (χ0v) is 11.4. The number of piperidine rings is 1. The van der Waals surface area contributed by atoms with Crippen LogP contribution in [0.1, 0.15) is 41.0 Å². The summed E-state index contributed by atoms with van der Waals surface area (Å²) in [4.78, 5) is 24.6. The molecule has 0 N–H and O–H groups in total. The van der Waals surface area contributed by atoms with Crippen LogP contribution in [0.15, 0.2) is 0 Å². The smallest absolute Gasteiger partial charge is 0.410 e. The zero-order valence-electron chi connectivity index (χ0n) is 11.4. The number of hydrogen-bond donors (Lipinski definition) is 0. The number of nitrogens with zero attached hydrogens (tertiary/aromatic N) is 1. The number of carbonyl (C=O) groups excluding carboxylic acids is 2. The molecule has 0 radical (unpaired) electrons. The second-order valence-corrected chi connectivity index (χ2v) is 6.20. The van der Waals surface area contributed by atoms with Crippen molar-refractivity contribution in [3.8, 4) is 0 Å². The Balaban J connectivity index is 2.61. The molecule has 0 aliphatic carbocycles. The Kier molecular flexibility index (Phi) is 3.84. The van der Waals surface area contributed by atoms with E-state index < -0.39 is 5.60 Å². The summed E-state index contributed by atoms with van der Waals surface area (Å²) in [6.07, 6.45) is 1.44. The van der Waals surface area contributed by atoms with Gasteiger partial charge in [-0.25, -0.2) is 4.79 Å². The molecule has 0 aromatic rings. The van der Waals surface area contributed by atoms with Crippen molar-refractivity contribution in [2.24, 2.45) is 11.3 Å². The first-order valence-electron chi connectivity index (χ1n) is 6.12. The number of amides is 1. The molecule has 4 nitrogen and oxygen atoms in total. The maximum absolute atomic E-state index is 11.9. The van der Waals surface area contributed by atoms with E-state index in [1.807, 2.05) is 34.6 Å². The number of carbonyl (C=O) groups is 2. The predicted molar refractivity (Wildman–Crippen MR) is 65.8 cm³/mol. The van der Waals surface area contributed by atoms with Crippen LogP contribution < -0.4 is 0 Å². The van der Waals surface area contributed by atoms with Gasteiger partial charge in [0.1, 0.15) is 11.9 Å². The van der Waals surface area contributed by atoms with Crippen LogP contribution in [0.25, 0.3) is 0 Å². The van der Waals surface area contributed by atoms with Gasteiger partial charge in [0, 0.05) is 18.5 Å². The van der Waals surface area contributed by atoms with Crippen LogP contribution in [-0.2, 0) is 9.53 Å². The first-order valence-corrected chi connectivity index (χ1v) is 6.12. The Morgan fingerprint density at radius 2 is 2.06 bits per heavy atom. The van der Waals surface area contributed by atoms with Crippen LogP contribution in [-0.4, -0.2) is 36.0 Å². The molecule has 0 saturated carbocycles. The van der Waals surface area contributed by atoms with Crippen LogP contribution in [0.3, 0.4) is 0 Å². The molecular formula is C13H23NO3. The van der Waals surface area contributed by atoms with Crippen molar-refractivity contribution >= 4 is 12.4 Å². The summed E-state index contributed by atoms with van der Waals surface area (Å²) in [6.45, 7) is 10.7. The fourth-order valence-corrected chi connectivity index (χ4v) is 1.92. The average molecular weight is 241 g/mol. The SMILES string of the molecule is CC1CN(C(=O)OC(C)(C)C)CCC1(C)C=O. The number of likely N-dealkylation sites (tertiary alicyclic amines) is 1. The molecule has 2 atom stereocenters. The highest BCUT2D eigenvalue weighted by Gasteiger charge is 2.38. The molecule has 1 aliphatic rings. The lowest BCUT2D eigenvalue weighted by molar-refractivity contribution is -0.120. The third-order valence-corrected chi connectivity index (χ3v) is 3.46. The standard InChI is InChI=1S/C13H23NO3/c1-10-8-14(7-6-13(10,5)9-15)11(16)17-12(2,3)4/h9-10H,6-8H2,1-5H3. The number of hydrogen-bond acceptors (Lipinski definition) is 3. The quantitative estimate of drug-likeness (QED) is 0.662. The van der Waals surface area contributed by atoms with Gasteiger partial charge in [-0.15, -0.1) is 0 Å². The third-order valence-electron chi connectivity index (χ3n) is 3.46. The predicted octanol–water partition coefficient (Wildman–Crippen LogP) is 2.47. The van der Waals surface area contributed by atoms with E-state index in [1.54, 1.807) is 4.90 Å². The van der Waals surface area contributed by atoms with Gasteiger partial charge in [0.2, 0.25) is 0 Å². The molecule has 0 aromatic heterocycles. The van der Waals surface area contributed by atoms with Gasteiger partial charge in [-0.1, -0.05) is 13.8 Å². The minimum Gasteiger partial charge on any atom is -0.444 e. The summed E-state index contributed by atoms with van der Waals surface area (Å²) in [5, 5.41) is 0. The first kappa shape index (κ1) is 14.0. The van der Waals surface area contributed by atoms with E-state index in [4.69, 9.17) is 4.74 Å². The second-order valence-electron chi connectivity index (χ2n) is 6.20. The summed E-state index contributed by atoms with van der Waals surface area (Å²) in [5.74, 6) is 0.168. The summed E-state index contributed by atoms with van der Waals surface area (Å²) in [6, 6.07) is 0. The number of ether oxygens (including phenoxy) is 1. The first-order chi connectivity index (χ1) is 7.68. The van der Waals surface area contributed by atoms with Crippen molar-refractivity contribution in [2.75, 3.05) is 13.1 Å². The molecule has 1 heterocycles. The van der Waals surface area contributed by atoms with Gasteiger partial charge in [-0.2, -0.15) is 0 Å². The van der Waals surface area contributed by atoms with E-state index in [9.17, 15) is 9.59 Å². The lowest BCUT2D eigenvalue weighted by atomic mass is 9.74. The molecule has 1 fully saturated rings. The van der Waals surface area contributed by atoms with E-state index in [1.165, 1.54) is 0 Å². The largest absolute Gasteiger partial charge is 0.444 e. The zero-order chi connectivity index (χ0) is 13.3. The summed E-state index contributed by atoms with van der Waals surface area (Å²) in [5.41, 5.74) is -0.774. The van der Waals surface area contributed by atoms with E-state index in [2.05, 4.69) is 0 Å². The fraction of sp³-hybridized carbons (Fsp3) is 0.846. The summed E-state index contributed by atoms with van der Waals surface area (Å²) >= 11 is 0. The van der Waals surface area contributed by atoms with E-state index in [0.29, 0.717) is 19.5 Å². The Labute approximate surface area is 103 Å². The summed E-state index contributed by atoms with van der Waals surface area (Å²) < 4.78 is 5.33. The van der Waals surface area contributed by atoms with Crippen molar-refractivity contribution < 1.29 is 14.3 Å². The van der Waals surface area contributed by atoms with E-state index >= 15 is 0 Å². The van der Waals surface area contributed by atoms with Gasteiger partial charge in [0.15, 0.2) is 0 Å². The maximum atomic E-state index is 11.9. The van der Waals surface area contributed by atoms with Gasteiger partial charge < -0.3 is 14.4 Å². The highest BCUT2D eigenvalue weighted by molar-refractivity contribution is 5.69. The van der Waals surface area contributed by atoms with Gasteiger partial charge >= 0.3 is 6.09 Å². The Bertz CT molecular complexity index is 308. The highest BCUT2D eigenvalue weighted by atomic mass is 16.6. The molecule has 98 valence electrons. The second kappa shape index (κ2) is 4.67. The van der Waals surface area contributed by atoms with Gasteiger partial charge in [0.25, 0.3) is 0 Å². The van der Waals surface area contributed by atoms with Crippen LogP contribution in [0.2, 0.25) is 0 Å². The third kappa shape index (κ3) is 3.45. The van der Waals surface area contributed by atoms with Crippen LogP contribution in [0.5, 0.6) is 0 Å². The number of rotatable bonds is 1. The van der Waals surface area contributed by atoms with Gasteiger partial charge in [-0.3, -0.25) is 0 Å². The van der Waals surface area contributed by atoms with Crippen molar-refractivity contribution in [3.05, 3.63) is 0 Å². The Hall–Kier alpha value is -1.06. The average Bonchev–Trinajstić information content (AvgIpc) is 2.19. The minimum absolute atomic E-state index is 0.168.